The third kappa shape index (κ3) is 6.55. The van der Waals surface area contributed by atoms with Crippen molar-refractivity contribution in [3.8, 4) is 0 Å². The summed E-state index contributed by atoms with van der Waals surface area (Å²) < 4.78 is 4.86. The number of rotatable bonds is 6. The van der Waals surface area contributed by atoms with E-state index >= 15 is 0 Å². The van der Waals surface area contributed by atoms with Crippen molar-refractivity contribution in [3.05, 3.63) is 35.9 Å². The SMILES string of the molecule is [B]C(C)C(C)C=NSB(I)Cc1ccccc1. The molecule has 2 radical (unpaired) electrons. The molecule has 0 fully saturated rings. The molecule has 1 aromatic rings. The highest BCUT2D eigenvalue weighted by atomic mass is 127. The third-order valence-corrected chi connectivity index (χ3v) is 4.30. The minimum absolute atomic E-state index is 0.168. The van der Waals surface area contributed by atoms with Gasteiger partial charge >= 0.3 is 3.85 Å². The van der Waals surface area contributed by atoms with Crippen LogP contribution < -0.4 is 0 Å². The van der Waals surface area contributed by atoms with Crippen molar-refractivity contribution in [2.24, 2.45) is 10.3 Å². The zero-order valence-electron chi connectivity index (χ0n) is 10.2. The van der Waals surface area contributed by atoms with Gasteiger partial charge in [-0.3, -0.25) is 0 Å². The minimum atomic E-state index is 0.168. The molecule has 0 heterocycles. The molecular weight excluding hydrogens is 339 g/mol. The molecule has 0 spiro atoms. The van der Waals surface area contributed by atoms with Gasteiger partial charge in [0.25, 0.3) is 0 Å². The van der Waals surface area contributed by atoms with Crippen molar-refractivity contribution < 1.29 is 0 Å². The fraction of sp³-hybridized carbons (Fsp3) is 0.417. The van der Waals surface area contributed by atoms with Crippen molar-refractivity contribution in [2.75, 3.05) is 0 Å². The number of hydrogen-bond acceptors (Lipinski definition) is 2. The Bertz CT molecular complexity index is 346. The van der Waals surface area contributed by atoms with Crippen LogP contribution in [0.4, 0.5) is 0 Å². The number of nitrogens with zero attached hydrogens (tertiary/aromatic N) is 1. The van der Waals surface area contributed by atoms with Gasteiger partial charge in [0.2, 0.25) is 0 Å². The van der Waals surface area contributed by atoms with Crippen LogP contribution in [0.15, 0.2) is 34.7 Å². The van der Waals surface area contributed by atoms with Gasteiger partial charge in [-0.1, -0.05) is 67.4 Å². The minimum Gasteiger partial charge on any atom is -0.239 e. The molecule has 5 heteroatoms. The Morgan fingerprint density at radius 3 is 2.65 bits per heavy atom. The topological polar surface area (TPSA) is 12.4 Å². The van der Waals surface area contributed by atoms with E-state index in [-0.39, 0.29) is 5.82 Å². The predicted molar refractivity (Wildman–Crippen MR) is 90.3 cm³/mol. The predicted octanol–water partition coefficient (Wildman–Crippen LogP) is 4.02. The van der Waals surface area contributed by atoms with E-state index in [2.05, 4.69) is 58.0 Å². The highest BCUT2D eigenvalue weighted by molar-refractivity contribution is 14.1. The van der Waals surface area contributed by atoms with E-state index in [0.717, 1.165) is 6.32 Å². The standard InChI is InChI=1S/C12H16B2INS/c1-10(11(2)13)9-16-17-14(15)8-12-6-4-3-5-7-12/h3-7,9-11H,8H2,1-2H3. The highest BCUT2D eigenvalue weighted by Gasteiger charge is 2.11. The van der Waals surface area contributed by atoms with E-state index in [0.29, 0.717) is 9.77 Å². The lowest BCUT2D eigenvalue weighted by molar-refractivity contribution is 0.753. The lowest BCUT2D eigenvalue weighted by Gasteiger charge is -2.09. The summed E-state index contributed by atoms with van der Waals surface area (Å²) in [6, 6.07) is 10.5. The van der Waals surface area contributed by atoms with Crippen molar-refractivity contribution >= 4 is 52.1 Å². The van der Waals surface area contributed by atoms with Crippen LogP contribution in [-0.4, -0.2) is 17.9 Å². The van der Waals surface area contributed by atoms with Gasteiger partial charge in [-0.2, -0.15) is 0 Å². The number of halogens is 1. The Balaban J connectivity index is 2.33. The van der Waals surface area contributed by atoms with Crippen LogP contribution in [-0.2, 0) is 6.32 Å². The lowest BCUT2D eigenvalue weighted by Crippen LogP contribution is -2.05. The fourth-order valence-electron chi connectivity index (χ4n) is 1.17. The summed E-state index contributed by atoms with van der Waals surface area (Å²) in [6.45, 7) is 4.10. The Morgan fingerprint density at radius 1 is 1.41 bits per heavy atom. The summed E-state index contributed by atoms with van der Waals surface area (Å²) in [5.41, 5.74) is 1.36. The number of hydrogen-bond donors (Lipinski definition) is 0. The lowest BCUT2D eigenvalue weighted by atomic mass is 9.80. The van der Waals surface area contributed by atoms with Gasteiger partial charge in [0, 0.05) is 6.21 Å². The zero-order chi connectivity index (χ0) is 12.7. The largest absolute Gasteiger partial charge is 0.315 e. The first-order chi connectivity index (χ1) is 8.09. The summed E-state index contributed by atoms with van der Waals surface area (Å²) >= 11 is 4.04. The summed E-state index contributed by atoms with van der Waals surface area (Å²) in [4.78, 5) is 0. The molecule has 0 amide bonds. The maximum Gasteiger partial charge on any atom is 0.315 e. The first-order valence-corrected chi connectivity index (χ1v) is 7.80. The van der Waals surface area contributed by atoms with Crippen LogP contribution in [0.25, 0.3) is 0 Å². The Morgan fingerprint density at radius 2 is 2.06 bits per heavy atom. The van der Waals surface area contributed by atoms with Gasteiger partial charge < -0.3 is 0 Å². The van der Waals surface area contributed by atoms with Crippen LogP contribution in [0.5, 0.6) is 0 Å². The van der Waals surface area contributed by atoms with Crippen LogP contribution >= 0.6 is 34.2 Å². The van der Waals surface area contributed by atoms with Gasteiger partial charge in [-0.15, -0.1) is 22.4 Å². The maximum atomic E-state index is 5.77. The molecule has 0 saturated heterocycles. The van der Waals surface area contributed by atoms with Crippen LogP contribution in [0, 0.1) is 5.92 Å². The van der Waals surface area contributed by atoms with Gasteiger partial charge in [-0.25, -0.2) is 4.40 Å². The van der Waals surface area contributed by atoms with Gasteiger partial charge in [-0.05, 0) is 12.2 Å². The zero-order valence-corrected chi connectivity index (χ0v) is 13.2. The second kappa shape index (κ2) is 8.25. The van der Waals surface area contributed by atoms with E-state index in [1.54, 1.807) is 11.8 Å². The molecule has 0 N–H and O–H groups in total. The summed E-state index contributed by atoms with van der Waals surface area (Å²) in [5.74, 6) is 0.504. The van der Waals surface area contributed by atoms with Gasteiger partial charge in [0.1, 0.15) is 0 Å². The van der Waals surface area contributed by atoms with Crippen LogP contribution in [0.3, 0.4) is 0 Å². The summed E-state index contributed by atoms with van der Waals surface area (Å²) in [6.07, 6.45) is 2.99. The third-order valence-electron chi connectivity index (χ3n) is 2.54. The van der Waals surface area contributed by atoms with E-state index in [1.807, 2.05) is 19.2 Å². The van der Waals surface area contributed by atoms with Gasteiger partial charge in [0.05, 0.1) is 7.85 Å². The van der Waals surface area contributed by atoms with Crippen molar-refractivity contribution in [2.45, 2.75) is 26.0 Å². The van der Waals surface area contributed by atoms with E-state index in [9.17, 15) is 0 Å². The molecule has 0 aliphatic carbocycles. The monoisotopic (exact) mass is 355 g/mol. The van der Waals surface area contributed by atoms with Crippen molar-refractivity contribution in [3.63, 3.8) is 0 Å². The first-order valence-electron chi connectivity index (χ1n) is 5.72. The average molecular weight is 355 g/mol. The highest BCUT2D eigenvalue weighted by Crippen LogP contribution is 2.20. The molecular formula is C12H16B2INS. The Labute approximate surface area is 124 Å². The van der Waals surface area contributed by atoms with E-state index in [4.69, 9.17) is 7.85 Å². The molecule has 1 aromatic carbocycles. The van der Waals surface area contributed by atoms with Crippen molar-refractivity contribution in [1.82, 2.24) is 0 Å². The Hall–Kier alpha value is 0.0999. The van der Waals surface area contributed by atoms with E-state index < -0.39 is 0 Å². The smallest absolute Gasteiger partial charge is 0.239 e. The molecule has 1 rings (SSSR count). The second-order valence-electron chi connectivity index (χ2n) is 4.18. The molecule has 0 bridgehead atoms. The molecule has 17 heavy (non-hydrogen) atoms. The molecule has 0 saturated carbocycles. The molecule has 0 aliphatic rings. The first kappa shape index (κ1) is 15.2. The van der Waals surface area contributed by atoms with E-state index in [1.165, 1.54) is 5.56 Å². The number of benzene rings is 1. The maximum absolute atomic E-state index is 5.77. The molecule has 0 aliphatic heterocycles. The molecule has 1 nitrogen and oxygen atoms in total. The normalized spacial score (nSPS) is 14.8. The van der Waals surface area contributed by atoms with Gasteiger partial charge in [0.15, 0.2) is 0 Å². The molecule has 2 atom stereocenters. The quantitative estimate of drug-likeness (QED) is 0.325. The Kier molecular flexibility index (Phi) is 7.35. The molecule has 0 aromatic heterocycles. The summed E-state index contributed by atoms with van der Waals surface area (Å²) in [7, 11) is 5.77. The molecule has 2 unspecified atom stereocenters. The average Bonchev–Trinajstić information content (AvgIpc) is 2.30. The molecule has 88 valence electrons. The van der Waals surface area contributed by atoms with Crippen LogP contribution in [0.2, 0.25) is 5.82 Å². The van der Waals surface area contributed by atoms with Crippen molar-refractivity contribution in [1.29, 1.82) is 0 Å². The van der Waals surface area contributed by atoms with Crippen LogP contribution in [0.1, 0.15) is 19.4 Å². The summed E-state index contributed by atoms with van der Waals surface area (Å²) in [5, 5.41) is 0. The second-order valence-corrected chi connectivity index (χ2v) is 7.52. The fourth-order valence-corrected chi connectivity index (χ4v) is 2.73.